The van der Waals surface area contributed by atoms with Crippen molar-refractivity contribution in [2.45, 2.75) is 13.5 Å². The molecule has 0 spiro atoms. The molecule has 0 saturated heterocycles. The Bertz CT molecular complexity index is 342. The first-order valence-electron chi connectivity index (χ1n) is 4.05. The van der Waals surface area contributed by atoms with Gasteiger partial charge < -0.3 is 10.6 Å². The normalized spacial score (nSPS) is 9.64. The Morgan fingerprint density at radius 2 is 2.36 bits per heavy atom. The van der Waals surface area contributed by atoms with E-state index < -0.39 is 0 Å². The number of hydrogen-bond acceptors (Lipinski definition) is 3. The van der Waals surface area contributed by atoms with E-state index in [9.17, 15) is 4.79 Å². The van der Waals surface area contributed by atoms with E-state index in [0.717, 1.165) is 5.56 Å². The van der Waals surface area contributed by atoms with Crippen molar-refractivity contribution in [2.75, 3.05) is 0 Å². The molecule has 0 aliphatic carbocycles. The lowest BCUT2D eigenvalue weighted by Gasteiger charge is -2.09. The summed E-state index contributed by atoms with van der Waals surface area (Å²) in [6.45, 7) is 1.68. The van der Waals surface area contributed by atoms with Crippen LogP contribution in [0.1, 0.15) is 12.5 Å². The molecule has 0 fully saturated rings. The van der Waals surface area contributed by atoms with Crippen molar-refractivity contribution in [2.24, 2.45) is 5.73 Å². The predicted molar refractivity (Wildman–Crippen MR) is 53.8 cm³/mol. The van der Waals surface area contributed by atoms with Gasteiger partial charge in [0, 0.05) is 30.1 Å². The lowest BCUT2D eigenvalue weighted by Crippen LogP contribution is -2.24. The van der Waals surface area contributed by atoms with Gasteiger partial charge in [-0.15, -0.1) is 0 Å². The third-order valence-corrected chi connectivity index (χ3v) is 1.79. The number of benzene rings is 1. The molecule has 0 aliphatic rings. The third kappa shape index (κ3) is 2.90. The Hall–Kier alpha value is -1.26. The zero-order valence-corrected chi connectivity index (χ0v) is 8.47. The summed E-state index contributed by atoms with van der Waals surface area (Å²) in [4.78, 5) is 15.6. The van der Waals surface area contributed by atoms with Gasteiger partial charge in [0.05, 0.1) is 0 Å². The summed E-state index contributed by atoms with van der Waals surface area (Å²) in [6.07, 6.45) is 0. The average Bonchev–Trinajstić information content (AvgIpc) is 2.15. The molecule has 1 amide bonds. The summed E-state index contributed by atoms with van der Waals surface area (Å²) in [5, 5.41) is 0.530. The molecule has 1 rings (SSSR count). The number of carbonyl (C=O) groups excluding carboxylic acids is 1. The van der Waals surface area contributed by atoms with Crippen LogP contribution in [-0.2, 0) is 11.3 Å². The smallest absolute Gasteiger partial charge is 0.249 e. The molecule has 0 heterocycles. The zero-order chi connectivity index (χ0) is 10.6. The minimum Gasteiger partial charge on any atom is -0.379 e. The maximum Gasteiger partial charge on any atom is 0.249 e. The number of amides is 1. The molecule has 0 saturated carbocycles. The third-order valence-electron chi connectivity index (χ3n) is 1.55. The Morgan fingerprint density at radius 3 is 2.93 bits per heavy atom. The first-order chi connectivity index (χ1) is 6.63. The van der Waals surface area contributed by atoms with Crippen molar-refractivity contribution in [3.63, 3.8) is 0 Å². The van der Waals surface area contributed by atoms with Gasteiger partial charge in [-0.2, -0.15) is 5.48 Å². The van der Waals surface area contributed by atoms with Crippen LogP contribution in [-0.4, -0.2) is 5.91 Å². The Kier molecular flexibility index (Phi) is 3.73. The fourth-order valence-electron chi connectivity index (χ4n) is 0.919. The highest BCUT2D eigenvalue weighted by molar-refractivity contribution is 6.30. The van der Waals surface area contributed by atoms with E-state index in [-0.39, 0.29) is 5.91 Å². The number of hydroxylamine groups is 1. The molecule has 14 heavy (non-hydrogen) atoms. The van der Waals surface area contributed by atoms with Gasteiger partial charge in [-0.25, -0.2) is 0 Å². The van der Waals surface area contributed by atoms with Crippen LogP contribution in [0, 0.1) is 0 Å². The van der Waals surface area contributed by atoms with Crippen molar-refractivity contribution in [1.82, 2.24) is 5.48 Å². The average molecular weight is 215 g/mol. The van der Waals surface area contributed by atoms with Crippen molar-refractivity contribution in [3.8, 4) is 5.75 Å². The molecule has 1 aromatic carbocycles. The minimum atomic E-state index is -0.284. The van der Waals surface area contributed by atoms with Gasteiger partial charge >= 0.3 is 0 Å². The van der Waals surface area contributed by atoms with Gasteiger partial charge in [-0.1, -0.05) is 17.7 Å². The van der Waals surface area contributed by atoms with Gasteiger partial charge in [0.1, 0.15) is 0 Å². The van der Waals surface area contributed by atoms with E-state index in [1.807, 2.05) is 0 Å². The molecule has 0 unspecified atom stereocenters. The number of halogens is 1. The largest absolute Gasteiger partial charge is 0.379 e. The summed E-state index contributed by atoms with van der Waals surface area (Å²) in [5.41, 5.74) is 8.46. The highest BCUT2D eigenvalue weighted by Gasteiger charge is 2.04. The Balaban J connectivity index is 2.82. The zero-order valence-electron chi connectivity index (χ0n) is 7.71. The maximum absolute atomic E-state index is 10.6. The van der Waals surface area contributed by atoms with Crippen LogP contribution in [0.25, 0.3) is 0 Å². The van der Waals surface area contributed by atoms with Crippen LogP contribution >= 0.6 is 11.6 Å². The van der Waals surface area contributed by atoms with Gasteiger partial charge in [0.15, 0.2) is 5.75 Å². The molecule has 1 aromatic rings. The molecule has 0 aliphatic heterocycles. The van der Waals surface area contributed by atoms with Crippen molar-refractivity contribution < 1.29 is 9.63 Å². The summed E-state index contributed by atoms with van der Waals surface area (Å²) >= 11 is 5.76. The molecule has 76 valence electrons. The van der Waals surface area contributed by atoms with Gasteiger partial charge in [-0.05, 0) is 6.07 Å². The van der Waals surface area contributed by atoms with Crippen LogP contribution < -0.4 is 16.1 Å². The van der Waals surface area contributed by atoms with E-state index in [1.165, 1.54) is 6.92 Å². The van der Waals surface area contributed by atoms with E-state index in [2.05, 4.69) is 5.48 Å². The van der Waals surface area contributed by atoms with Crippen LogP contribution in [0.15, 0.2) is 18.2 Å². The van der Waals surface area contributed by atoms with E-state index >= 15 is 0 Å². The lowest BCUT2D eigenvalue weighted by molar-refractivity contribution is -0.125. The first-order valence-corrected chi connectivity index (χ1v) is 4.43. The van der Waals surface area contributed by atoms with Crippen LogP contribution in [0.5, 0.6) is 5.75 Å². The van der Waals surface area contributed by atoms with E-state index in [4.69, 9.17) is 22.2 Å². The predicted octanol–water partition coefficient (Wildman–Crippen LogP) is 1.23. The fraction of sp³-hybridized carbons (Fsp3) is 0.222. The van der Waals surface area contributed by atoms with Crippen molar-refractivity contribution in [1.29, 1.82) is 0 Å². The summed E-state index contributed by atoms with van der Waals surface area (Å²) in [6, 6.07) is 5.06. The second-order valence-electron chi connectivity index (χ2n) is 2.72. The first kappa shape index (κ1) is 10.8. The maximum atomic E-state index is 10.6. The summed E-state index contributed by atoms with van der Waals surface area (Å²) < 4.78 is 0. The van der Waals surface area contributed by atoms with Crippen LogP contribution in [0.4, 0.5) is 0 Å². The van der Waals surface area contributed by atoms with E-state index in [0.29, 0.717) is 17.3 Å². The number of nitrogens with one attached hydrogen (secondary N) is 1. The minimum absolute atomic E-state index is 0.284. The second-order valence-corrected chi connectivity index (χ2v) is 3.15. The molecule has 0 atom stereocenters. The van der Waals surface area contributed by atoms with Crippen molar-refractivity contribution in [3.05, 3.63) is 28.8 Å². The molecule has 5 heteroatoms. The summed E-state index contributed by atoms with van der Waals surface area (Å²) in [5.74, 6) is 0.183. The molecular formula is C9H11ClN2O2. The lowest BCUT2D eigenvalue weighted by atomic mass is 10.2. The number of carbonyl (C=O) groups is 1. The second kappa shape index (κ2) is 4.83. The standard InChI is InChI=1S/C9H11ClN2O2/c1-6(13)12-14-9-4-8(10)3-2-7(9)5-11/h2-4H,5,11H2,1H3,(H,12,13). The Morgan fingerprint density at radius 1 is 1.64 bits per heavy atom. The van der Waals surface area contributed by atoms with E-state index in [1.54, 1.807) is 18.2 Å². The molecule has 0 aromatic heterocycles. The number of nitrogens with two attached hydrogens (primary N) is 1. The molecule has 0 radical (unpaired) electrons. The van der Waals surface area contributed by atoms with Gasteiger partial charge in [-0.3, -0.25) is 4.79 Å². The van der Waals surface area contributed by atoms with Gasteiger partial charge in [0.25, 0.3) is 0 Å². The molecule has 0 bridgehead atoms. The number of hydrogen-bond donors (Lipinski definition) is 2. The van der Waals surface area contributed by atoms with Crippen molar-refractivity contribution >= 4 is 17.5 Å². The summed E-state index contributed by atoms with van der Waals surface area (Å²) in [7, 11) is 0. The molecule has 4 nitrogen and oxygen atoms in total. The van der Waals surface area contributed by atoms with Crippen LogP contribution in [0.2, 0.25) is 5.02 Å². The van der Waals surface area contributed by atoms with Gasteiger partial charge in [0.2, 0.25) is 5.91 Å². The highest BCUT2D eigenvalue weighted by atomic mass is 35.5. The number of rotatable bonds is 3. The monoisotopic (exact) mass is 214 g/mol. The highest BCUT2D eigenvalue weighted by Crippen LogP contribution is 2.22. The molecule has 3 N–H and O–H groups in total. The van der Waals surface area contributed by atoms with Crippen LogP contribution in [0.3, 0.4) is 0 Å². The quantitative estimate of drug-likeness (QED) is 0.744. The molecular weight excluding hydrogens is 204 g/mol. The topological polar surface area (TPSA) is 64.3 Å². The Labute approximate surface area is 86.9 Å². The SMILES string of the molecule is CC(=O)NOc1cc(Cl)ccc1CN. The fourth-order valence-corrected chi connectivity index (χ4v) is 1.08.